The first-order valence-corrected chi connectivity index (χ1v) is 5.78. The Kier molecular flexibility index (Phi) is 7.34. The van der Waals surface area contributed by atoms with E-state index in [1.807, 2.05) is 0 Å². The van der Waals surface area contributed by atoms with Gasteiger partial charge in [-0.15, -0.1) is 0 Å². The summed E-state index contributed by atoms with van der Waals surface area (Å²) in [6.07, 6.45) is 3.57. The van der Waals surface area contributed by atoms with E-state index in [2.05, 4.69) is 25.7 Å². The van der Waals surface area contributed by atoms with Crippen LogP contribution in [0.15, 0.2) is 0 Å². The summed E-state index contributed by atoms with van der Waals surface area (Å²) < 4.78 is 0. The smallest absolute Gasteiger partial charge is 0.235 e. The molecule has 0 aromatic heterocycles. The number of hydrogen-bond acceptors (Lipinski definition) is 3. The molecule has 0 bridgehead atoms. The topological polar surface area (TPSA) is 72.3 Å². The molecule has 1 amide bonds. The Morgan fingerprint density at radius 1 is 1.33 bits per heavy atom. The summed E-state index contributed by atoms with van der Waals surface area (Å²) in [4.78, 5) is 13.1. The van der Waals surface area contributed by atoms with Crippen molar-refractivity contribution in [3.63, 3.8) is 0 Å². The second-order valence-corrected chi connectivity index (χ2v) is 4.30. The van der Waals surface area contributed by atoms with Crippen molar-refractivity contribution in [2.24, 2.45) is 11.5 Å². The molecule has 0 rings (SSSR count). The van der Waals surface area contributed by atoms with E-state index in [-0.39, 0.29) is 0 Å². The molecule has 0 aromatic carbocycles. The molecule has 0 aliphatic rings. The monoisotopic (exact) mass is 215 g/mol. The van der Waals surface area contributed by atoms with Crippen molar-refractivity contribution in [2.45, 2.75) is 52.1 Å². The minimum atomic E-state index is -0.547. The van der Waals surface area contributed by atoms with Crippen LogP contribution >= 0.6 is 0 Å². The van der Waals surface area contributed by atoms with Gasteiger partial charge in [0.25, 0.3) is 0 Å². The molecule has 0 radical (unpaired) electrons. The van der Waals surface area contributed by atoms with E-state index >= 15 is 0 Å². The average Bonchev–Trinajstić information content (AvgIpc) is 2.15. The summed E-state index contributed by atoms with van der Waals surface area (Å²) in [5.41, 5.74) is 10.8. The van der Waals surface area contributed by atoms with Gasteiger partial charge in [-0.05, 0) is 26.8 Å². The molecule has 4 nitrogen and oxygen atoms in total. The third-order valence-corrected chi connectivity index (χ3v) is 2.58. The van der Waals surface area contributed by atoms with E-state index in [9.17, 15) is 4.79 Å². The van der Waals surface area contributed by atoms with Crippen LogP contribution in [-0.2, 0) is 4.79 Å². The summed E-state index contributed by atoms with van der Waals surface area (Å²) in [6, 6.07) is -0.138. The van der Waals surface area contributed by atoms with Crippen molar-refractivity contribution in [3.8, 4) is 0 Å². The van der Waals surface area contributed by atoms with E-state index in [1.165, 1.54) is 12.8 Å². The van der Waals surface area contributed by atoms with Gasteiger partial charge in [-0.1, -0.05) is 19.8 Å². The third-order valence-electron chi connectivity index (χ3n) is 2.58. The van der Waals surface area contributed by atoms with Crippen molar-refractivity contribution in [2.75, 3.05) is 13.1 Å². The van der Waals surface area contributed by atoms with Crippen LogP contribution in [0.25, 0.3) is 0 Å². The quantitative estimate of drug-likeness (QED) is 0.585. The zero-order chi connectivity index (χ0) is 11.8. The van der Waals surface area contributed by atoms with Crippen LogP contribution in [-0.4, -0.2) is 36.0 Å². The van der Waals surface area contributed by atoms with E-state index < -0.39 is 11.9 Å². The van der Waals surface area contributed by atoms with E-state index in [0.29, 0.717) is 12.6 Å². The fraction of sp³-hybridized carbons (Fsp3) is 0.909. The lowest BCUT2D eigenvalue weighted by Crippen LogP contribution is -2.48. The highest BCUT2D eigenvalue weighted by atomic mass is 16.1. The van der Waals surface area contributed by atoms with Gasteiger partial charge in [0, 0.05) is 12.6 Å². The Hall–Kier alpha value is -0.610. The Morgan fingerprint density at radius 3 is 2.33 bits per heavy atom. The lowest BCUT2D eigenvalue weighted by molar-refractivity contribution is -0.119. The molecule has 0 spiro atoms. The van der Waals surface area contributed by atoms with Crippen molar-refractivity contribution in [3.05, 3.63) is 0 Å². The maximum atomic E-state index is 10.9. The summed E-state index contributed by atoms with van der Waals surface area (Å²) in [5.74, 6) is -0.420. The maximum Gasteiger partial charge on any atom is 0.235 e. The number of hydrogen-bond donors (Lipinski definition) is 2. The second kappa shape index (κ2) is 7.65. The Bertz CT molecular complexity index is 183. The van der Waals surface area contributed by atoms with Gasteiger partial charge in [-0.2, -0.15) is 0 Å². The number of carbonyl (C=O) groups excluding carboxylic acids is 1. The normalized spacial score (nSPS) is 13.5. The van der Waals surface area contributed by atoms with Crippen molar-refractivity contribution >= 4 is 5.91 Å². The van der Waals surface area contributed by atoms with Crippen molar-refractivity contribution < 1.29 is 4.79 Å². The lowest BCUT2D eigenvalue weighted by atomic mass is 10.2. The highest BCUT2D eigenvalue weighted by molar-refractivity contribution is 5.79. The number of rotatable bonds is 8. The first-order chi connectivity index (χ1) is 6.99. The molecule has 0 aliphatic heterocycles. The van der Waals surface area contributed by atoms with Crippen LogP contribution in [0.5, 0.6) is 0 Å². The van der Waals surface area contributed by atoms with Crippen LogP contribution in [0.2, 0.25) is 0 Å². The Labute approximate surface area is 93.0 Å². The van der Waals surface area contributed by atoms with Gasteiger partial charge in [0.15, 0.2) is 0 Å². The highest BCUT2D eigenvalue weighted by Gasteiger charge is 2.16. The van der Waals surface area contributed by atoms with Crippen molar-refractivity contribution in [1.29, 1.82) is 0 Å². The predicted octanol–water partition coefficient (Wildman–Crippen LogP) is 0.700. The molecule has 90 valence electrons. The molecule has 1 unspecified atom stereocenters. The van der Waals surface area contributed by atoms with E-state index in [1.54, 1.807) is 0 Å². The maximum absolute atomic E-state index is 10.9. The molecule has 0 fully saturated rings. The molecule has 0 saturated heterocycles. The summed E-state index contributed by atoms with van der Waals surface area (Å²) >= 11 is 0. The lowest BCUT2D eigenvalue weighted by Gasteiger charge is -2.28. The molecule has 0 heterocycles. The molecule has 1 atom stereocenters. The number of nitrogens with two attached hydrogens (primary N) is 2. The molecular weight excluding hydrogens is 190 g/mol. The van der Waals surface area contributed by atoms with Gasteiger partial charge < -0.3 is 11.5 Å². The molecule has 4 heteroatoms. The predicted molar refractivity (Wildman–Crippen MR) is 63.4 cm³/mol. The molecule has 0 saturated carbocycles. The van der Waals surface area contributed by atoms with Gasteiger partial charge >= 0.3 is 0 Å². The van der Waals surface area contributed by atoms with Gasteiger partial charge in [-0.25, -0.2) is 0 Å². The van der Waals surface area contributed by atoms with Crippen LogP contribution < -0.4 is 11.5 Å². The van der Waals surface area contributed by atoms with Gasteiger partial charge in [0.05, 0.1) is 6.04 Å². The standard InChI is InChI=1S/C11H25N3O/c1-4-5-6-7-14(9(2)3)8-10(12)11(13)15/h9-10H,4-8,12H2,1-3H3,(H2,13,15). The molecule has 0 aromatic rings. The number of unbranched alkanes of at least 4 members (excludes halogenated alkanes) is 2. The fourth-order valence-electron chi connectivity index (χ4n) is 1.47. The second-order valence-electron chi connectivity index (χ2n) is 4.30. The van der Waals surface area contributed by atoms with Gasteiger partial charge in [-0.3, -0.25) is 9.69 Å². The van der Waals surface area contributed by atoms with Gasteiger partial charge in [0.1, 0.15) is 0 Å². The van der Waals surface area contributed by atoms with Crippen molar-refractivity contribution in [1.82, 2.24) is 4.90 Å². The summed E-state index contributed by atoms with van der Waals surface area (Å²) in [6.45, 7) is 7.96. The number of amides is 1. The largest absolute Gasteiger partial charge is 0.368 e. The zero-order valence-electron chi connectivity index (χ0n) is 10.2. The van der Waals surface area contributed by atoms with Gasteiger partial charge in [0.2, 0.25) is 5.91 Å². The summed E-state index contributed by atoms with van der Waals surface area (Å²) in [5, 5.41) is 0. The molecular formula is C11H25N3O. The Morgan fingerprint density at radius 2 is 1.93 bits per heavy atom. The number of carbonyl (C=O) groups is 1. The average molecular weight is 215 g/mol. The van der Waals surface area contributed by atoms with E-state index in [4.69, 9.17) is 11.5 Å². The highest BCUT2D eigenvalue weighted by Crippen LogP contribution is 2.03. The molecule has 4 N–H and O–H groups in total. The first kappa shape index (κ1) is 14.4. The zero-order valence-corrected chi connectivity index (χ0v) is 10.2. The minimum Gasteiger partial charge on any atom is -0.368 e. The third kappa shape index (κ3) is 6.47. The summed E-state index contributed by atoms with van der Waals surface area (Å²) in [7, 11) is 0. The van der Waals surface area contributed by atoms with Crippen LogP contribution in [0.1, 0.15) is 40.0 Å². The van der Waals surface area contributed by atoms with Crippen LogP contribution in [0.3, 0.4) is 0 Å². The number of primary amides is 1. The number of nitrogens with zero attached hydrogens (tertiary/aromatic N) is 1. The Balaban J connectivity index is 3.98. The van der Waals surface area contributed by atoms with E-state index in [0.717, 1.165) is 13.0 Å². The van der Waals surface area contributed by atoms with Crippen LogP contribution in [0.4, 0.5) is 0 Å². The fourth-order valence-corrected chi connectivity index (χ4v) is 1.47. The first-order valence-electron chi connectivity index (χ1n) is 5.78. The SMILES string of the molecule is CCCCCN(CC(N)C(N)=O)C(C)C. The molecule has 15 heavy (non-hydrogen) atoms. The molecule has 0 aliphatic carbocycles. The minimum absolute atomic E-state index is 0.409. The van der Waals surface area contributed by atoms with Crippen LogP contribution in [0, 0.1) is 0 Å².